The van der Waals surface area contributed by atoms with E-state index in [9.17, 15) is 14.4 Å². The summed E-state index contributed by atoms with van der Waals surface area (Å²) in [4.78, 5) is 37.0. The Morgan fingerprint density at radius 3 is 2.55 bits per heavy atom. The van der Waals surface area contributed by atoms with Gasteiger partial charge >= 0.3 is 12.0 Å². The normalized spacial score (nSPS) is 23.5. The van der Waals surface area contributed by atoms with Crippen LogP contribution in [0.2, 0.25) is 0 Å². The van der Waals surface area contributed by atoms with Gasteiger partial charge in [0.05, 0.1) is 6.54 Å². The fourth-order valence-corrected chi connectivity index (χ4v) is 2.45. The summed E-state index contributed by atoms with van der Waals surface area (Å²) in [6, 6.07) is -0.124. The fraction of sp³-hybridized carbons (Fsp3) is 0.750. The molecule has 1 unspecified atom stereocenters. The zero-order valence-electron chi connectivity index (χ0n) is 11.3. The Labute approximate surface area is 117 Å². The van der Waals surface area contributed by atoms with Crippen LogP contribution in [0.1, 0.15) is 12.8 Å². The van der Waals surface area contributed by atoms with Crippen molar-refractivity contribution in [3.05, 3.63) is 0 Å². The number of carboxylic acids is 1. The Kier molecular flexibility index (Phi) is 4.78. The maximum atomic E-state index is 11.9. The molecule has 0 aromatic heterocycles. The number of nitrogens with one attached hydrogen (secondary N) is 2. The maximum Gasteiger partial charge on any atom is 0.317 e. The van der Waals surface area contributed by atoms with E-state index >= 15 is 0 Å². The van der Waals surface area contributed by atoms with Crippen molar-refractivity contribution in [3.63, 3.8) is 0 Å². The first-order valence-electron chi connectivity index (χ1n) is 6.81. The second-order valence-electron chi connectivity index (χ2n) is 5.15. The van der Waals surface area contributed by atoms with Gasteiger partial charge in [0.25, 0.3) is 0 Å². The predicted octanol–water partition coefficient (Wildman–Crippen LogP) is -1.32. The van der Waals surface area contributed by atoms with E-state index in [2.05, 4.69) is 10.6 Å². The van der Waals surface area contributed by atoms with Gasteiger partial charge in [-0.25, -0.2) is 4.79 Å². The largest absolute Gasteiger partial charge is 0.480 e. The van der Waals surface area contributed by atoms with Gasteiger partial charge in [0.1, 0.15) is 0 Å². The lowest BCUT2D eigenvalue weighted by atomic mass is 10.2. The molecule has 8 nitrogen and oxygen atoms in total. The lowest BCUT2D eigenvalue weighted by Crippen LogP contribution is -2.53. The minimum atomic E-state index is -0.847. The van der Waals surface area contributed by atoms with Crippen LogP contribution < -0.4 is 10.6 Å². The van der Waals surface area contributed by atoms with E-state index in [1.165, 1.54) is 0 Å². The van der Waals surface area contributed by atoms with Crippen molar-refractivity contribution in [2.24, 2.45) is 0 Å². The Bertz CT molecular complexity index is 393. The topological polar surface area (TPSA) is 102 Å². The molecule has 2 fully saturated rings. The molecule has 2 heterocycles. The van der Waals surface area contributed by atoms with Crippen LogP contribution in [0.5, 0.6) is 0 Å². The van der Waals surface area contributed by atoms with Crippen LogP contribution in [-0.2, 0) is 9.59 Å². The standard InChI is InChI=1S/C12H20N4O4/c17-10-2-1-9(14-10)7-13-12(20)16-5-3-15(4-6-16)8-11(18)19/h9H,1-8H2,(H,13,20)(H,14,17)(H,18,19). The van der Waals surface area contributed by atoms with Crippen molar-refractivity contribution in [1.82, 2.24) is 20.4 Å². The maximum absolute atomic E-state index is 11.9. The van der Waals surface area contributed by atoms with Gasteiger partial charge in [-0.05, 0) is 6.42 Å². The zero-order chi connectivity index (χ0) is 14.5. The number of rotatable bonds is 4. The number of nitrogens with zero attached hydrogens (tertiary/aromatic N) is 2. The number of carbonyl (C=O) groups excluding carboxylic acids is 2. The van der Waals surface area contributed by atoms with Crippen LogP contribution in [-0.4, -0.2) is 78.1 Å². The Morgan fingerprint density at radius 2 is 2.00 bits per heavy atom. The van der Waals surface area contributed by atoms with Crippen LogP contribution in [0.15, 0.2) is 0 Å². The van der Waals surface area contributed by atoms with Crippen LogP contribution in [0.25, 0.3) is 0 Å². The molecule has 2 saturated heterocycles. The van der Waals surface area contributed by atoms with Crippen LogP contribution in [0.4, 0.5) is 4.79 Å². The van der Waals surface area contributed by atoms with Crippen LogP contribution >= 0.6 is 0 Å². The van der Waals surface area contributed by atoms with Gasteiger partial charge in [-0.15, -0.1) is 0 Å². The molecule has 8 heteroatoms. The first-order valence-corrected chi connectivity index (χ1v) is 6.81. The second-order valence-corrected chi connectivity index (χ2v) is 5.15. The molecule has 0 aromatic rings. The molecule has 2 aliphatic rings. The molecular formula is C12H20N4O4. The Morgan fingerprint density at radius 1 is 1.30 bits per heavy atom. The van der Waals surface area contributed by atoms with Gasteiger partial charge in [0, 0.05) is 45.2 Å². The van der Waals surface area contributed by atoms with Gasteiger partial charge in [-0.1, -0.05) is 0 Å². The zero-order valence-corrected chi connectivity index (χ0v) is 11.3. The predicted molar refractivity (Wildman–Crippen MR) is 70.2 cm³/mol. The van der Waals surface area contributed by atoms with Crippen molar-refractivity contribution in [1.29, 1.82) is 0 Å². The molecule has 0 bridgehead atoms. The van der Waals surface area contributed by atoms with Crippen molar-refractivity contribution < 1.29 is 19.5 Å². The summed E-state index contributed by atoms with van der Waals surface area (Å²) >= 11 is 0. The van der Waals surface area contributed by atoms with E-state index in [0.29, 0.717) is 39.1 Å². The first-order chi connectivity index (χ1) is 9.54. The molecule has 112 valence electrons. The van der Waals surface area contributed by atoms with E-state index < -0.39 is 5.97 Å². The molecular weight excluding hydrogens is 264 g/mol. The van der Waals surface area contributed by atoms with Gasteiger partial charge < -0.3 is 20.6 Å². The number of carbonyl (C=O) groups is 3. The summed E-state index contributed by atoms with van der Waals surface area (Å²) in [5, 5.41) is 14.3. The monoisotopic (exact) mass is 284 g/mol. The number of piperazine rings is 1. The van der Waals surface area contributed by atoms with E-state index in [4.69, 9.17) is 5.11 Å². The fourth-order valence-electron chi connectivity index (χ4n) is 2.45. The SMILES string of the molecule is O=C(O)CN1CCN(C(=O)NCC2CCC(=O)N2)CC1. The molecule has 3 amide bonds. The van der Waals surface area contributed by atoms with Crippen molar-refractivity contribution in [2.75, 3.05) is 39.3 Å². The van der Waals surface area contributed by atoms with Crippen LogP contribution in [0.3, 0.4) is 0 Å². The molecule has 1 atom stereocenters. The quantitative estimate of drug-likeness (QED) is 0.594. The highest BCUT2D eigenvalue weighted by Crippen LogP contribution is 2.06. The third-order valence-electron chi connectivity index (χ3n) is 3.60. The number of hydrogen-bond donors (Lipinski definition) is 3. The highest BCUT2D eigenvalue weighted by molar-refractivity contribution is 5.79. The molecule has 0 spiro atoms. The van der Waals surface area contributed by atoms with Crippen molar-refractivity contribution >= 4 is 17.9 Å². The van der Waals surface area contributed by atoms with Crippen LogP contribution in [0, 0.1) is 0 Å². The smallest absolute Gasteiger partial charge is 0.317 e. The molecule has 3 N–H and O–H groups in total. The average molecular weight is 284 g/mol. The van der Waals surface area contributed by atoms with E-state index in [1.807, 2.05) is 4.90 Å². The van der Waals surface area contributed by atoms with Crippen molar-refractivity contribution in [2.45, 2.75) is 18.9 Å². The Balaban J connectivity index is 1.66. The lowest BCUT2D eigenvalue weighted by molar-refractivity contribution is -0.138. The van der Waals surface area contributed by atoms with Gasteiger partial charge in [-0.2, -0.15) is 0 Å². The summed E-state index contributed by atoms with van der Waals surface area (Å²) in [5.41, 5.74) is 0. The summed E-state index contributed by atoms with van der Waals surface area (Å²) in [7, 11) is 0. The van der Waals surface area contributed by atoms with Gasteiger partial charge in [0.15, 0.2) is 0 Å². The van der Waals surface area contributed by atoms with E-state index in [1.54, 1.807) is 4.90 Å². The molecule has 20 heavy (non-hydrogen) atoms. The number of amides is 3. The summed E-state index contributed by atoms with van der Waals surface area (Å²) in [6.45, 7) is 2.65. The average Bonchev–Trinajstić information content (AvgIpc) is 2.82. The number of urea groups is 1. The third-order valence-corrected chi connectivity index (χ3v) is 3.60. The molecule has 0 radical (unpaired) electrons. The molecule has 2 rings (SSSR count). The molecule has 0 aliphatic carbocycles. The summed E-state index contributed by atoms with van der Waals surface area (Å²) in [6.07, 6.45) is 1.28. The molecule has 2 aliphatic heterocycles. The van der Waals surface area contributed by atoms with E-state index in [-0.39, 0.29) is 24.5 Å². The van der Waals surface area contributed by atoms with Gasteiger partial charge in [0.2, 0.25) is 5.91 Å². The summed E-state index contributed by atoms with van der Waals surface area (Å²) < 4.78 is 0. The number of carboxylic acid groups (broad SMARTS) is 1. The lowest BCUT2D eigenvalue weighted by Gasteiger charge is -2.33. The number of hydrogen-bond acceptors (Lipinski definition) is 4. The van der Waals surface area contributed by atoms with Gasteiger partial charge in [-0.3, -0.25) is 14.5 Å². The second kappa shape index (κ2) is 6.56. The first kappa shape index (κ1) is 14.6. The Hall–Kier alpha value is -1.83. The minimum absolute atomic E-state index is 0.0174. The van der Waals surface area contributed by atoms with Crippen molar-refractivity contribution in [3.8, 4) is 0 Å². The third kappa shape index (κ3) is 4.09. The van der Waals surface area contributed by atoms with E-state index in [0.717, 1.165) is 6.42 Å². The highest BCUT2D eigenvalue weighted by atomic mass is 16.4. The molecule has 0 aromatic carbocycles. The summed E-state index contributed by atoms with van der Waals surface area (Å²) in [5.74, 6) is -0.814. The number of aliphatic carboxylic acids is 1. The minimum Gasteiger partial charge on any atom is -0.480 e. The molecule has 0 saturated carbocycles. The highest BCUT2D eigenvalue weighted by Gasteiger charge is 2.24.